The molecule has 7 heteroatoms. The first-order valence-electron chi connectivity index (χ1n) is 9.85. The van der Waals surface area contributed by atoms with Gasteiger partial charge < -0.3 is 19.1 Å². The number of benzene rings is 2. The van der Waals surface area contributed by atoms with Crippen molar-refractivity contribution in [2.45, 2.75) is 26.4 Å². The molecule has 1 fully saturated rings. The fourth-order valence-electron chi connectivity index (χ4n) is 3.32. The van der Waals surface area contributed by atoms with E-state index >= 15 is 0 Å². The molecule has 3 rings (SSSR count). The van der Waals surface area contributed by atoms with Crippen molar-refractivity contribution in [2.24, 2.45) is 5.92 Å². The van der Waals surface area contributed by atoms with Gasteiger partial charge in [0.2, 0.25) is 11.7 Å². The van der Waals surface area contributed by atoms with Crippen LogP contribution in [0.15, 0.2) is 48.5 Å². The van der Waals surface area contributed by atoms with Crippen LogP contribution in [-0.2, 0) is 14.3 Å². The molecule has 0 unspecified atom stereocenters. The monoisotopic (exact) mass is 411 g/mol. The van der Waals surface area contributed by atoms with Crippen molar-refractivity contribution in [3.05, 3.63) is 54.1 Å². The van der Waals surface area contributed by atoms with Gasteiger partial charge in [0.15, 0.2) is 6.10 Å². The van der Waals surface area contributed by atoms with Crippen molar-refractivity contribution in [3.63, 3.8) is 0 Å². The van der Waals surface area contributed by atoms with Gasteiger partial charge in [-0.1, -0.05) is 0 Å². The highest BCUT2D eigenvalue weighted by molar-refractivity contribution is 6.02. The topological polar surface area (TPSA) is 82.1 Å². The molecule has 158 valence electrons. The van der Waals surface area contributed by atoms with Crippen molar-refractivity contribution in [3.8, 4) is 11.5 Å². The molecule has 1 aliphatic heterocycles. The first-order chi connectivity index (χ1) is 14.4. The molecule has 0 N–H and O–H groups in total. The zero-order chi connectivity index (χ0) is 21.7. The van der Waals surface area contributed by atoms with Crippen LogP contribution >= 0.6 is 0 Å². The minimum absolute atomic E-state index is 0.0511. The Morgan fingerprint density at radius 3 is 2.30 bits per heavy atom. The summed E-state index contributed by atoms with van der Waals surface area (Å²) in [7, 11) is 1.54. The summed E-state index contributed by atoms with van der Waals surface area (Å²) >= 11 is 0. The van der Waals surface area contributed by atoms with Gasteiger partial charge in [-0.15, -0.1) is 0 Å². The largest absolute Gasteiger partial charge is 0.497 e. The van der Waals surface area contributed by atoms with Gasteiger partial charge in [0, 0.05) is 24.2 Å². The number of anilines is 1. The molecule has 2 atom stereocenters. The molecule has 1 amide bonds. The van der Waals surface area contributed by atoms with E-state index in [9.17, 15) is 14.4 Å². The Kier molecular flexibility index (Phi) is 6.72. The lowest BCUT2D eigenvalue weighted by Crippen LogP contribution is -2.30. The summed E-state index contributed by atoms with van der Waals surface area (Å²) in [6, 6.07) is 13.7. The second kappa shape index (κ2) is 9.43. The molecule has 0 bridgehead atoms. The summed E-state index contributed by atoms with van der Waals surface area (Å²) in [5.74, 6) is -0.278. The van der Waals surface area contributed by atoms with E-state index in [-0.39, 0.29) is 24.7 Å². The van der Waals surface area contributed by atoms with Crippen LogP contribution in [0, 0.1) is 5.92 Å². The van der Waals surface area contributed by atoms with E-state index in [1.165, 1.54) is 6.92 Å². The Labute approximate surface area is 175 Å². The SMILES string of the molecule is CCOc1ccc(N2C[C@H](C(=O)O[C@@H](C)C(=O)c3ccc(OC)cc3)CC2=O)cc1. The highest BCUT2D eigenvalue weighted by Gasteiger charge is 2.37. The Balaban J connectivity index is 1.60. The molecule has 1 aliphatic rings. The standard InChI is InChI=1S/C23H25NO6/c1-4-29-20-11-7-18(8-12-20)24-14-17(13-21(24)25)23(27)30-15(2)22(26)16-5-9-19(28-3)10-6-16/h5-12,15,17H,4,13-14H2,1-3H3/t15-,17+/m0/s1. The average Bonchev–Trinajstić information content (AvgIpc) is 3.16. The van der Waals surface area contributed by atoms with Crippen LogP contribution in [0.2, 0.25) is 0 Å². The number of ketones is 1. The quantitative estimate of drug-likeness (QED) is 0.490. The summed E-state index contributed by atoms with van der Waals surface area (Å²) < 4.78 is 15.9. The van der Waals surface area contributed by atoms with Crippen LogP contribution in [-0.4, -0.2) is 44.0 Å². The third-order valence-electron chi connectivity index (χ3n) is 4.95. The van der Waals surface area contributed by atoms with E-state index in [1.807, 2.05) is 6.92 Å². The lowest BCUT2D eigenvalue weighted by Gasteiger charge is -2.18. The Morgan fingerprint density at radius 2 is 1.70 bits per heavy atom. The van der Waals surface area contributed by atoms with Crippen molar-refractivity contribution < 1.29 is 28.6 Å². The fraction of sp³-hybridized carbons (Fsp3) is 0.348. The zero-order valence-electron chi connectivity index (χ0n) is 17.3. The molecule has 7 nitrogen and oxygen atoms in total. The molecular weight excluding hydrogens is 386 g/mol. The molecule has 0 aliphatic carbocycles. The molecular formula is C23H25NO6. The Morgan fingerprint density at radius 1 is 1.07 bits per heavy atom. The number of nitrogens with zero attached hydrogens (tertiary/aromatic N) is 1. The van der Waals surface area contributed by atoms with Crippen LogP contribution in [0.3, 0.4) is 0 Å². The van der Waals surface area contributed by atoms with Crippen LogP contribution in [0.25, 0.3) is 0 Å². The van der Waals surface area contributed by atoms with Crippen LogP contribution < -0.4 is 14.4 Å². The third kappa shape index (κ3) is 4.79. The number of methoxy groups -OCH3 is 1. The number of carbonyl (C=O) groups excluding carboxylic acids is 3. The fourth-order valence-corrected chi connectivity index (χ4v) is 3.32. The van der Waals surface area contributed by atoms with Gasteiger partial charge in [0.05, 0.1) is 19.6 Å². The predicted octanol–water partition coefficient (Wildman–Crippen LogP) is 3.26. The van der Waals surface area contributed by atoms with E-state index in [2.05, 4.69) is 0 Å². The van der Waals surface area contributed by atoms with Gasteiger partial charge in [-0.2, -0.15) is 0 Å². The number of carbonyl (C=O) groups is 3. The minimum Gasteiger partial charge on any atom is -0.497 e. The number of hydrogen-bond acceptors (Lipinski definition) is 6. The summed E-state index contributed by atoms with van der Waals surface area (Å²) in [6.45, 7) is 4.21. The van der Waals surface area contributed by atoms with E-state index < -0.39 is 18.0 Å². The predicted molar refractivity (Wildman–Crippen MR) is 111 cm³/mol. The van der Waals surface area contributed by atoms with Crippen molar-refractivity contribution in [1.82, 2.24) is 0 Å². The number of rotatable bonds is 8. The summed E-state index contributed by atoms with van der Waals surface area (Å²) in [4.78, 5) is 39.0. The minimum atomic E-state index is -0.944. The van der Waals surface area contributed by atoms with Crippen molar-refractivity contribution in [2.75, 3.05) is 25.2 Å². The first kappa shape index (κ1) is 21.4. The number of esters is 1. The van der Waals surface area contributed by atoms with Crippen LogP contribution in [0.5, 0.6) is 11.5 Å². The summed E-state index contributed by atoms with van der Waals surface area (Å²) in [5, 5.41) is 0. The van der Waals surface area contributed by atoms with Gasteiger partial charge in [0.1, 0.15) is 11.5 Å². The molecule has 2 aromatic rings. The molecule has 1 heterocycles. The van der Waals surface area contributed by atoms with E-state index in [0.717, 1.165) is 5.75 Å². The van der Waals surface area contributed by atoms with Gasteiger partial charge in [-0.25, -0.2) is 0 Å². The number of hydrogen-bond donors (Lipinski definition) is 0. The lowest BCUT2D eigenvalue weighted by molar-refractivity contribution is -0.151. The number of ether oxygens (including phenoxy) is 3. The van der Waals surface area contributed by atoms with Gasteiger partial charge in [-0.3, -0.25) is 14.4 Å². The number of amides is 1. The third-order valence-corrected chi connectivity index (χ3v) is 4.95. The van der Waals surface area contributed by atoms with Gasteiger partial charge >= 0.3 is 5.97 Å². The average molecular weight is 411 g/mol. The van der Waals surface area contributed by atoms with Gasteiger partial charge in [0.25, 0.3) is 0 Å². The van der Waals surface area contributed by atoms with E-state index in [1.54, 1.807) is 60.5 Å². The summed E-state index contributed by atoms with van der Waals surface area (Å²) in [6.07, 6.45) is -0.893. The van der Waals surface area contributed by atoms with Crippen molar-refractivity contribution >= 4 is 23.3 Å². The molecule has 0 spiro atoms. The lowest BCUT2D eigenvalue weighted by atomic mass is 10.1. The molecule has 0 aromatic heterocycles. The maximum absolute atomic E-state index is 12.6. The molecule has 2 aromatic carbocycles. The van der Waals surface area contributed by atoms with Gasteiger partial charge in [-0.05, 0) is 62.4 Å². The smallest absolute Gasteiger partial charge is 0.312 e. The van der Waals surface area contributed by atoms with Crippen LogP contribution in [0.1, 0.15) is 30.6 Å². The highest BCUT2D eigenvalue weighted by atomic mass is 16.5. The van der Waals surface area contributed by atoms with Crippen LogP contribution in [0.4, 0.5) is 5.69 Å². The molecule has 1 saturated heterocycles. The second-order valence-corrected chi connectivity index (χ2v) is 7.00. The normalized spacial score (nSPS) is 16.8. The second-order valence-electron chi connectivity index (χ2n) is 7.00. The Hall–Kier alpha value is -3.35. The first-order valence-corrected chi connectivity index (χ1v) is 9.85. The summed E-state index contributed by atoms with van der Waals surface area (Å²) in [5.41, 5.74) is 1.12. The van der Waals surface area contributed by atoms with E-state index in [0.29, 0.717) is 23.6 Å². The molecule has 30 heavy (non-hydrogen) atoms. The van der Waals surface area contributed by atoms with E-state index in [4.69, 9.17) is 14.2 Å². The maximum atomic E-state index is 12.6. The number of Topliss-reactive ketones (excluding diaryl/α,β-unsaturated/α-hetero) is 1. The molecule has 0 radical (unpaired) electrons. The maximum Gasteiger partial charge on any atom is 0.312 e. The zero-order valence-corrected chi connectivity index (χ0v) is 17.3. The highest BCUT2D eigenvalue weighted by Crippen LogP contribution is 2.28. The Bertz CT molecular complexity index is 906. The van der Waals surface area contributed by atoms with Crippen molar-refractivity contribution in [1.29, 1.82) is 0 Å². The molecule has 0 saturated carbocycles.